The van der Waals surface area contributed by atoms with E-state index >= 15 is 0 Å². The van der Waals surface area contributed by atoms with Crippen molar-refractivity contribution in [2.24, 2.45) is 7.05 Å². The van der Waals surface area contributed by atoms with E-state index in [-0.39, 0.29) is 0 Å². The second-order valence-electron chi connectivity index (χ2n) is 10.2. The summed E-state index contributed by atoms with van der Waals surface area (Å²) >= 11 is 0. The highest BCUT2D eigenvalue weighted by atomic mass is 31.1. The summed E-state index contributed by atoms with van der Waals surface area (Å²) < 4.78 is 2.24. The molecule has 7 aromatic rings. The number of benzene rings is 6. The molecule has 2 nitrogen and oxygen atoms in total. The zero-order valence-electron chi connectivity index (χ0n) is 25.4. The molecule has 0 N–H and O–H groups in total. The summed E-state index contributed by atoms with van der Waals surface area (Å²) in [7, 11) is 0.455. The Bertz CT molecular complexity index is 1910. The molecule has 0 aliphatic rings. The van der Waals surface area contributed by atoms with E-state index in [1.54, 1.807) is 0 Å². The fourth-order valence-electron chi connectivity index (χ4n) is 5.65. The van der Waals surface area contributed by atoms with Gasteiger partial charge in [0.2, 0.25) is 0 Å². The molecule has 44 heavy (non-hydrogen) atoms. The maximum absolute atomic E-state index is 5.14. The molecule has 0 amide bonds. The van der Waals surface area contributed by atoms with Gasteiger partial charge in [0, 0.05) is 12.6 Å². The Balaban J connectivity index is 0.00000168. The van der Waals surface area contributed by atoms with Crippen molar-refractivity contribution < 1.29 is 0 Å². The first-order valence-electron chi connectivity index (χ1n) is 15.1. The number of aromatic nitrogens is 2. The van der Waals surface area contributed by atoms with Crippen molar-refractivity contribution >= 4 is 58.7 Å². The Hall–Kier alpha value is -4.35. The van der Waals surface area contributed by atoms with Gasteiger partial charge in [0.15, 0.2) is 0 Å². The number of imidazole rings is 1. The van der Waals surface area contributed by atoms with Crippen molar-refractivity contribution in [3.05, 3.63) is 164 Å². The minimum Gasteiger partial charge on any atom is -0.327 e. The third-order valence-corrected chi connectivity index (χ3v) is 12.8. The second-order valence-corrected chi connectivity index (χ2v) is 14.5. The quantitative estimate of drug-likeness (QED) is 0.170. The first-order chi connectivity index (χ1) is 21.8. The highest BCUT2D eigenvalue weighted by molar-refractivity contribution is 7.85. The summed E-state index contributed by atoms with van der Waals surface area (Å²) in [4.78, 5) is 5.14. The molecular weight excluding hydrogens is 570 g/mol. The number of fused-ring (bicyclic) bond motifs is 1. The standard InChI is InChI=1S/C38H30N2P2.C2H6/c1-40-34-25-13-12-24-33(34)39-38(40)32-23-11-14-26-35(32)42(31-21-9-4-10-22-31)37-28-16-15-27-36(37)41(29-17-5-2-6-18-29)30-19-7-3-8-20-30;1-2/h2-28H,1H3;1-2H3. The van der Waals surface area contributed by atoms with Crippen LogP contribution in [0.3, 0.4) is 0 Å². The fraction of sp³-hybridized carbons (Fsp3) is 0.0750. The number of hydrogen-bond donors (Lipinski definition) is 0. The summed E-state index contributed by atoms with van der Waals surface area (Å²) in [5.74, 6) is 1.00. The lowest BCUT2D eigenvalue weighted by atomic mass is 10.2. The van der Waals surface area contributed by atoms with Crippen LogP contribution in [0.1, 0.15) is 13.8 Å². The molecule has 7 rings (SSSR count). The summed E-state index contributed by atoms with van der Waals surface area (Å²) in [6, 6.07) is 59.5. The Morgan fingerprint density at radius 1 is 0.432 bits per heavy atom. The maximum Gasteiger partial charge on any atom is 0.141 e. The van der Waals surface area contributed by atoms with E-state index in [1.165, 1.54) is 37.4 Å². The Labute approximate surface area is 263 Å². The molecule has 0 saturated heterocycles. The van der Waals surface area contributed by atoms with Gasteiger partial charge in [-0.25, -0.2) is 4.98 Å². The van der Waals surface area contributed by atoms with Crippen molar-refractivity contribution in [1.82, 2.24) is 9.55 Å². The van der Waals surface area contributed by atoms with Crippen LogP contribution in [0.15, 0.2) is 164 Å². The third-order valence-electron chi connectivity index (χ3n) is 7.58. The molecule has 1 heterocycles. The van der Waals surface area contributed by atoms with Gasteiger partial charge in [-0.1, -0.05) is 166 Å². The number of aryl methyl sites for hydroxylation is 1. The third kappa shape index (κ3) is 5.89. The van der Waals surface area contributed by atoms with Crippen molar-refractivity contribution in [3.8, 4) is 11.4 Å². The predicted molar refractivity (Wildman–Crippen MR) is 195 cm³/mol. The summed E-state index contributed by atoms with van der Waals surface area (Å²) in [6.07, 6.45) is 0. The van der Waals surface area contributed by atoms with Gasteiger partial charge < -0.3 is 4.57 Å². The number of nitrogens with zero attached hydrogens (tertiary/aromatic N) is 2. The lowest BCUT2D eigenvalue weighted by Gasteiger charge is -2.28. The number of rotatable bonds is 7. The molecule has 0 bridgehead atoms. The largest absolute Gasteiger partial charge is 0.327 e. The van der Waals surface area contributed by atoms with Crippen molar-refractivity contribution in [3.63, 3.8) is 0 Å². The molecule has 216 valence electrons. The topological polar surface area (TPSA) is 17.8 Å². The van der Waals surface area contributed by atoms with Gasteiger partial charge in [0.05, 0.1) is 11.0 Å². The van der Waals surface area contributed by atoms with Crippen LogP contribution in [0, 0.1) is 0 Å². The van der Waals surface area contributed by atoms with Crippen molar-refractivity contribution in [1.29, 1.82) is 0 Å². The van der Waals surface area contributed by atoms with Gasteiger partial charge in [0.1, 0.15) is 5.82 Å². The van der Waals surface area contributed by atoms with Gasteiger partial charge in [-0.2, -0.15) is 0 Å². The van der Waals surface area contributed by atoms with Crippen molar-refractivity contribution in [2.75, 3.05) is 0 Å². The molecule has 0 fully saturated rings. The van der Waals surface area contributed by atoms with Crippen LogP contribution in [0.25, 0.3) is 22.4 Å². The summed E-state index contributed by atoms with van der Waals surface area (Å²) in [5, 5.41) is 8.17. The summed E-state index contributed by atoms with van der Waals surface area (Å²) in [5.41, 5.74) is 3.35. The minimum atomic E-state index is -0.903. The van der Waals surface area contributed by atoms with E-state index < -0.39 is 15.8 Å². The van der Waals surface area contributed by atoms with Crippen molar-refractivity contribution in [2.45, 2.75) is 13.8 Å². The SMILES string of the molecule is CC.Cn1c(-c2ccccc2P(c2ccccc2)c2ccccc2P(c2ccccc2)c2ccccc2)nc2ccccc21. The van der Waals surface area contributed by atoms with E-state index in [1.807, 2.05) is 13.8 Å². The number of hydrogen-bond acceptors (Lipinski definition) is 1. The molecule has 1 atom stereocenters. The van der Waals surface area contributed by atoms with Gasteiger partial charge in [0.25, 0.3) is 0 Å². The summed E-state index contributed by atoms with van der Waals surface area (Å²) in [6.45, 7) is 4.00. The first-order valence-corrected chi connectivity index (χ1v) is 17.8. The lowest BCUT2D eigenvalue weighted by molar-refractivity contribution is 0.960. The molecule has 6 aromatic carbocycles. The number of para-hydroxylation sites is 2. The van der Waals surface area contributed by atoms with Gasteiger partial charge >= 0.3 is 0 Å². The molecule has 0 radical (unpaired) electrons. The first kappa shape index (κ1) is 29.7. The van der Waals surface area contributed by atoms with E-state index in [0.29, 0.717) is 0 Å². The average Bonchev–Trinajstić information content (AvgIpc) is 3.44. The van der Waals surface area contributed by atoms with Crippen LogP contribution in [-0.2, 0) is 7.05 Å². The molecule has 0 aliphatic carbocycles. The van der Waals surface area contributed by atoms with Gasteiger partial charge in [-0.15, -0.1) is 0 Å². The lowest BCUT2D eigenvalue weighted by Crippen LogP contribution is -2.35. The van der Waals surface area contributed by atoms with E-state index in [0.717, 1.165) is 16.9 Å². The zero-order chi connectivity index (χ0) is 30.3. The maximum atomic E-state index is 5.14. The zero-order valence-corrected chi connectivity index (χ0v) is 27.2. The highest BCUT2D eigenvalue weighted by Gasteiger charge is 2.28. The molecule has 1 unspecified atom stereocenters. The molecule has 0 aliphatic heterocycles. The molecule has 4 heteroatoms. The van der Waals surface area contributed by atoms with E-state index in [2.05, 4.69) is 175 Å². The predicted octanol–water partition coefficient (Wildman–Crippen LogP) is 7.78. The normalized spacial score (nSPS) is 11.6. The van der Waals surface area contributed by atoms with Crippen LogP contribution in [0.4, 0.5) is 0 Å². The fourth-order valence-corrected chi connectivity index (χ4v) is 11.1. The molecule has 0 saturated carbocycles. The van der Waals surface area contributed by atoms with Crippen LogP contribution in [0.5, 0.6) is 0 Å². The van der Waals surface area contributed by atoms with Crippen LogP contribution >= 0.6 is 15.8 Å². The van der Waals surface area contributed by atoms with Crippen LogP contribution in [-0.4, -0.2) is 9.55 Å². The molecular formula is C40H36N2P2. The second kappa shape index (κ2) is 14.0. The Morgan fingerprint density at radius 3 is 1.39 bits per heavy atom. The average molecular weight is 607 g/mol. The smallest absolute Gasteiger partial charge is 0.141 e. The molecule has 0 spiro atoms. The Kier molecular flexibility index (Phi) is 9.43. The van der Waals surface area contributed by atoms with Crippen LogP contribution in [0.2, 0.25) is 0 Å². The minimum absolute atomic E-state index is 0.771. The Morgan fingerprint density at radius 2 is 0.841 bits per heavy atom. The van der Waals surface area contributed by atoms with Gasteiger partial charge in [-0.3, -0.25) is 0 Å². The monoisotopic (exact) mass is 606 g/mol. The highest BCUT2D eigenvalue weighted by Crippen LogP contribution is 2.41. The van der Waals surface area contributed by atoms with E-state index in [4.69, 9.17) is 4.98 Å². The molecule has 1 aromatic heterocycles. The van der Waals surface area contributed by atoms with E-state index in [9.17, 15) is 0 Å². The van der Waals surface area contributed by atoms with Crippen LogP contribution < -0.4 is 31.8 Å². The van der Waals surface area contributed by atoms with Gasteiger partial charge in [-0.05, 0) is 59.8 Å².